The molecule has 1 aromatic heterocycles. The molecular formula is C22H23NO8. The van der Waals surface area contributed by atoms with Gasteiger partial charge in [0.05, 0.1) is 37.7 Å². The van der Waals surface area contributed by atoms with Gasteiger partial charge in [-0.1, -0.05) is 0 Å². The number of hydrogen-bond donors (Lipinski definition) is 4. The molecule has 0 radical (unpaired) electrons. The van der Waals surface area contributed by atoms with E-state index in [0.717, 1.165) is 40.6 Å². The first-order chi connectivity index (χ1) is 14.8. The van der Waals surface area contributed by atoms with Crippen molar-refractivity contribution in [3.05, 3.63) is 42.1 Å². The molecule has 0 amide bonds. The topological polar surface area (TPSA) is 143 Å². The van der Waals surface area contributed by atoms with Crippen LogP contribution in [-0.4, -0.2) is 53.3 Å². The minimum atomic E-state index is -1.74. The van der Waals surface area contributed by atoms with E-state index in [1.165, 1.54) is 0 Å². The molecule has 1 unspecified atom stereocenters. The Morgan fingerprint density at radius 1 is 1.16 bits per heavy atom. The molecule has 0 bridgehead atoms. The molecule has 1 aliphatic heterocycles. The second kappa shape index (κ2) is 9.07. The number of carbonyl (C=O) groups excluding carboxylic acids is 1. The molecule has 31 heavy (non-hydrogen) atoms. The lowest BCUT2D eigenvalue weighted by Gasteiger charge is -2.17. The van der Waals surface area contributed by atoms with Crippen LogP contribution in [0.25, 0.3) is 22.0 Å². The zero-order chi connectivity index (χ0) is 22.7. The number of pyridine rings is 1. The van der Waals surface area contributed by atoms with Crippen molar-refractivity contribution in [3.8, 4) is 34.3 Å². The Balaban J connectivity index is 0.000000339. The van der Waals surface area contributed by atoms with Gasteiger partial charge in [-0.25, -0.2) is 0 Å². The summed E-state index contributed by atoms with van der Waals surface area (Å²) in [6.07, 6.45) is 1.11. The quantitative estimate of drug-likeness (QED) is 0.332. The van der Waals surface area contributed by atoms with Crippen LogP contribution in [0, 0.1) is 0 Å². The third-order valence-electron chi connectivity index (χ3n) is 5.05. The molecule has 3 aromatic rings. The number of ether oxygens (including phenoxy) is 2. The number of aryl methyl sites for hydroxylation is 2. The van der Waals surface area contributed by atoms with Gasteiger partial charge in [0.2, 0.25) is 5.69 Å². The number of aromatic hydroxyl groups is 2. The Bertz CT molecular complexity index is 1130. The van der Waals surface area contributed by atoms with Gasteiger partial charge in [0.1, 0.15) is 6.10 Å². The molecule has 4 rings (SSSR count). The minimum Gasteiger partial charge on any atom is -0.547 e. The lowest BCUT2D eigenvalue weighted by molar-refractivity contribution is -0.686. The van der Waals surface area contributed by atoms with Crippen molar-refractivity contribution in [1.29, 1.82) is 0 Å². The maximum Gasteiger partial charge on any atom is 0.213 e. The third-order valence-corrected chi connectivity index (χ3v) is 5.05. The highest BCUT2D eigenvalue weighted by Crippen LogP contribution is 2.39. The lowest BCUT2D eigenvalue weighted by Crippen LogP contribution is -2.40. The van der Waals surface area contributed by atoms with Crippen LogP contribution in [0.1, 0.15) is 5.56 Å². The van der Waals surface area contributed by atoms with E-state index in [4.69, 9.17) is 19.7 Å². The first-order valence-electron chi connectivity index (χ1n) is 9.43. The highest BCUT2D eigenvalue weighted by Gasteiger charge is 2.26. The highest BCUT2D eigenvalue weighted by atomic mass is 16.5. The zero-order valence-electron chi connectivity index (χ0n) is 17.0. The number of methoxy groups -OCH3 is 2. The van der Waals surface area contributed by atoms with E-state index in [2.05, 4.69) is 16.8 Å². The molecular weight excluding hydrogens is 406 g/mol. The summed E-state index contributed by atoms with van der Waals surface area (Å²) in [6, 6.07) is 9.23. The summed E-state index contributed by atoms with van der Waals surface area (Å²) in [6.45, 7) is 0.00514. The number of rotatable bonds is 4. The number of phenols is 2. The van der Waals surface area contributed by atoms with Crippen molar-refractivity contribution in [2.24, 2.45) is 0 Å². The fourth-order valence-corrected chi connectivity index (χ4v) is 3.48. The van der Waals surface area contributed by atoms with E-state index in [9.17, 15) is 20.1 Å². The number of aliphatic hydroxyl groups excluding tert-OH is 2. The van der Waals surface area contributed by atoms with Gasteiger partial charge in [-0.15, -0.1) is 0 Å². The molecule has 9 heteroatoms. The first kappa shape index (κ1) is 22.1. The van der Waals surface area contributed by atoms with Crippen molar-refractivity contribution in [1.82, 2.24) is 0 Å². The van der Waals surface area contributed by atoms with Crippen LogP contribution >= 0.6 is 0 Å². The standard InChI is InChI=1S/C19H17NO4.C3H6O4/c1-23-18-4-3-11-7-15-13-9-17(22)16(21)8-12(13)5-6-20(15)10-14(11)19(18)24-2;4-1-2(5)3(6)7/h3-4,7-10,22H,5-6H2,1-2H3;2,4-5H,1H2,(H,6,7). The summed E-state index contributed by atoms with van der Waals surface area (Å²) in [4.78, 5) is 9.41. The molecule has 0 spiro atoms. The lowest BCUT2D eigenvalue weighted by atomic mass is 9.95. The Hall–Kier alpha value is -3.56. The van der Waals surface area contributed by atoms with Crippen LogP contribution in [0.15, 0.2) is 36.5 Å². The number of nitrogens with zero attached hydrogens (tertiary/aromatic N) is 1. The molecule has 9 nitrogen and oxygen atoms in total. The van der Waals surface area contributed by atoms with E-state index in [-0.39, 0.29) is 11.5 Å². The van der Waals surface area contributed by atoms with Gasteiger partial charge >= 0.3 is 0 Å². The van der Waals surface area contributed by atoms with Gasteiger partial charge in [0.25, 0.3) is 0 Å². The molecule has 0 saturated heterocycles. The normalized spacial score (nSPS) is 12.8. The van der Waals surface area contributed by atoms with Crippen molar-refractivity contribution >= 4 is 16.7 Å². The molecule has 1 aliphatic rings. The van der Waals surface area contributed by atoms with Crippen LogP contribution in [0.3, 0.4) is 0 Å². The smallest absolute Gasteiger partial charge is 0.213 e. The van der Waals surface area contributed by atoms with Crippen LogP contribution in [-0.2, 0) is 17.8 Å². The third kappa shape index (κ3) is 4.32. The number of benzene rings is 2. The maximum absolute atomic E-state index is 9.87. The van der Waals surface area contributed by atoms with Gasteiger partial charge in [-0.3, -0.25) is 0 Å². The van der Waals surface area contributed by atoms with Crippen molar-refractivity contribution in [3.63, 3.8) is 0 Å². The number of aromatic nitrogens is 1. The summed E-state index contributed by atoms with van der Waals surface area (Å²) in [7, 11) is 3.26. The molecule has 0 aliphatic carbocycles. The summed E-state index contributed by atoms with van der Waals surface area (Å²) >= 11 is 0. The average molecular weight is 429 g/mol. The van der Waals surface area contributed by atoms with Crippen molar-refractivity contribution in [2.75, 3.05) is 20.8 Å². The number of carbonyl (C=O) groups is 1. The summed E-state index contributed by atoms with van der Waals surface area (Å²) in [5.74, 6) is -0.416. The van der Waals surface area contributed by atoms with E-state index >= 15 is 0 Å². The van der Waals surface area contributed by atoms with Crippen LogP contribution in [0.5, 0.6) is 23.0 Å². The molecule has 4 N–H and O–H groups in total. The Morgan fingerprint density at radius 3 is 2.45 bits per heavy atom. The Labute approximate surface area is 178 Å². The monoisotopic (exact) mass is 429 g/mol. The second-order valence-corrected chi connectivity index (χ2v) is 6.92. The fourth-order valence-electron chi connectivity index (χ4n) is 3.48. The molecule has 164 valence electrons. The number of phenolic OH excluding ortho intramolecular Hbond substituents is 2. The second-order valence-electron chi connectivity index (χ2n) is 6.92. The first-order valence-corrected chi connectivity index (χ1v) is 9.43. The molecule has 2 heterocycles. The van der Waals surface area contributed by atoms with Crippen LogP contribution in [0.2, 0.25) is 0 Å². The van der Waals surface area contributed by atoms with Gasteiger partial charge in [0, 0.05) is 12.5 Å². The van der Waals surface area contributed by atoms with E-state index in [1.807, 2.05) is 12.1 Å². The van der Waals surface area contributed by atoms with Gasteiger partial charge in [-0.05, 0) is 35.2 Å². The van der Waals surface area contributed by atoms with Crippen LogP contribution < -0.4 is 19.1 Å². The minimum absolute atomic E-state index is 0.0746. The zero-order valence-corrected chi connectivity index (χ0v) is 17.0. The predicted molar refractivity (Wildman–Crippen MR) is 108 cm³/mol. The number of aliphatic carboxylic acids is 1. The van der Waals surface area contributed by atoms with Gasteiger partial charge in [-0.2, -0.15) is 4.57 Å². The predicted octanol–water partition coefficient (Wildman–Crippen LogP) is -0.132. The summed E-state index contributed by atoms with van der Waals surface area (Å²) in [5, 5.41) is 46.9. The summed E-state index contributed by atoms with van der Waals surface area (Å²) < 4.78 is 13.1. The highest BCUT2D eigenvalue weighted by molar-refractivity contribution is 5.91. The molecule has 0 fully saturated rings. The summed E-state index contributed by atoms with van der Waals surface area (Å²) in [5.41, 5.74) is 2.98. The number of carboxylic acid groups (broad SMARTS) is 1. The maximum atomic E-state index is 9.87. The number of aliphatic hydroxyl groups is 2. The molecule has 2 aromatic carbocycles. The average Bonchev–Trinajstić information content (AvgIpc) is 2.77. The van der Waals surface area contributed by atoms with Gasteiger partial charge < -0.3 is 39.8 Å². The number of hydrogen-bond acceptors (Lipinski definition) is 8. The number of fused-ring (bicyclic) bond motifs is 4. The van der Waals surface area contributed by atoms with E-state index < -0.39 is 18.7 Å². The number of carboxylic acids is 1. The Morgan fingerprint density at radius 2 is 1.87 bits per heavy atom. The van der Waals surface area contributed by atoms with E-state index in [0.29, 0.717) is 11.5 Å². The molecule has 1 atom stereocenters. The van der Waals surface area contributed by atoms with Crippen molar-refractivity contribution in [2.45, 2.75) is 19.1 Å². The Kier molecular flexibility index (Phi) is 6.47. The SMILES string of the molecule is COc1ccc2cc3[n+](cc2c1OC)CCc1cc(O)c(O)cc1-3.O=C([O-])C(O)CO. The van der Waals surface area contributed by atoms with E-state index in [1.54, 1.807) is 26.4 Å². The van der Waals surface area contributed by atoms with Crippen LogP contribution in [0.4, 0.5) is 0 Å². The van der Waals surface area contributed by atoms with Crippen molar-refractivity contribution < 1.29 is 44.4 Å². The largest absolute Gasteiger partial charge is 0.547 e. The molecule has 0 saturated carbocycles. The van der Waals surface area contributed by atoms with Gasteiger partial charge in [0.15, 0.2) is 35.7 Å². The fraction of sp³-hybridized carbons (Fsp3) is 0.273.